The SMILES string of the molecule is COc1ccc(CNC(=O)[C@@H](C)Oc2ccc(C(C)(C)C)cc2)c(OC)c1OC. The van der Waals surface area contributed by atoms with Gasteiger partial charge in [-0.2, -0.15) is 0 Å². The van der Waals surface area contributed by atoms with Crippen LogP contribution in [0.15, 0.2) is 36.4 Å². The van der Waals surface area contributed by atoms with Gasteiger partial charge < -0.3 is 24.3 Å². The van der Waals surface area contributed by atoms with E-state index < -0.39 is 6.10 Å². The topological polar surface area (TPSA) is 66.0 Å². The van der Waals surface area contributed by atoms with Crippen molar-refractivity contribution in [3.8, 4) is 23.0 Å². The Hall–Kier alpha value is -2.89. The third-order valence-electron chi connectivity index (χ3n) is 4.64. The van der Waals surface area contributed by atoms with E-state index in [2.05, 4.69) is 26.1 Å². The van der Waals surface area contributed by atoms with Crippen molar-refractivity contribution in [2.24, 2.45) is 0 Å². The maximum atomic E-state index is 12.5. The highest BCUT2D eigenvalue weighted by Crippen LogP contribution is 2.39. The van der Waals surface area contributed by atoms with E-state index in [4.69, 9.17) is 18.9 Å². The first-order chi connectivity index (χ1) is 13.7. The number of ether oxygens (including phenoxy) is 4. The summed E-state index contributed by atoms with van der Waals surface area (Å²) >= 11 is 0. The van der Waals surface area contributed by atoms with Crippen LogP contribution in [0.2, 0.25) is 0 Å². The zero-order chi connectivity index (χ0) is 21.6. The highest BCUT2D eigenvalue weighted by molar-refractivity contribution is 5.80. The molecule has 2 rings (SSSR count). The summed E-state index contributed by atoms with van der Waals surface area (Å²) in [5.41, 5.74) is 2.06. The van der Waals surface area contributed by atoms with Gasteiger partial charge in [0.1, 0.15) is 5.75 Å². The van der Waals surface area contributed by atoms with Crippen molar-refractivity contribution >= 4 is 5.91 Å². The van der Waals surface area contributed by atoms with E-state index in [1.807, 2.05) is 30.3 Å². The molecule has 0 spiro atoms. The minimum Gasteiger partial charge on any atom is -0.493 e. The first kappa shape index (κ1) is 22.4. The Balaban J connectivity index is 2.02. The fourth-order valence-corrected chi connectivity index (χ4v) is 2.92. The molecule has 1 atom stereocenters. The van der Waals surface area contributed by atoms with E-state index in [0.29, 0.717) is 23.0 Å². The number of hydrogen-bond acceptors (Lipinski definition) is 5. The number of hydrogen-bond donors (Lipinski definition) is 1. The minimum absolute atomic E-state index is 0.0694. The molecule has 0 unspecified atom stereocenters. The molecule has 0 saturated carbocycles. The van der Waals surface area contributed by atoms with Crippen molar-refractivity contribution in [2.75, 3.05) is 21.3 Å². The van der Waals surface area contributed by atoms with Crippen LogP contribution in [0.1, 0.15) is 38.8 Å². The Labute approximate surface area is 173 Å². The van der Waals surface area contributed by atoms with Crippen LogP contribution in [-0.2, 0) is 16.8 Å². The molecule has 0 bridgehead atoms. The molecule has 0 radical (unpaired) electrons. The van der Waals surface area contributed by atoms with E-state index in [-0.39, 0.29) is 17.9 Å². The summed E-state index contributed by atoms with van der Waals surface area (Å²) < 4.78 is 21.9. The lowest BCUT2D eigenvalue weighted by Crippen LogP contribution is -2.36. The van der Waals surface area contributed by atoms with Gasteiger partial charge in [0.2, 0.25) is 5.75 Å². The monoisotopic (exact) mass is 401 g/mol. The molecule has 6 nitrogen and oxygen atoms in total. The van der Waals surface area contributed by atoms with Gasteiger partial charge in [-0.15, -0.1) is 0 Å². The molecular formula is C23H31NO5. The molecule has 0 saturated heterocycles. The number of methoxy groups -OCH3 is 3. The molecule has 0 aliphatic carbocycles. The van der Waals surface area contributed by atoms with Crippen LogP contribution in [0.4, 0.5) is 0 Å². The van der Waals surface area contributed by atoms with Crippen LogP contribution in [0.5, 0.6) is 23.0 Å². The second kappa shape index (κ2) is 9.54. The van der Waals surface area contributed by atoms with Crippen molar-refractivity contribution in [1.82, 2.24) is 5.32 Å². The maximum Gasteiger partial charge on any atom is 0.261 e. The largest absolute Gasteiger partial charge is 0.493 e. The van der Waals surface area contributed by atoms with Crippen molar-refractivity contribution in [1.29, 1.82) is 0 Å². The predicted octanol–water partition coefficient (Wildman–Crippen LogP) is 4.09. The zero-order valence-electron chi connectivity index (χ0n) is 18.3. The molecule has 2 aromatic carbocycles. The normalized spacial score (nSPS) is 12.1. The number of carbonyl (C=O) groups is 1. The first-order valence-electron chi connectivity index (χ1n) is 9.54. The Kier molecular flexibility index (Phi) is 7.37. The van der Waals surface area contributed by atoms with Crippen molar-refractivity contribution in [2.45, 2.75) is 45.8 Å². The third-order valence-corrected chi connectivity index (χ3v) is 4.64. The smallest absolute Gasteiger partial charge is 0.261 e. The van der Waals surface area contributed by atoms with Crippen LogP contribution in [0.3, 0.4) is 0 Å². The van der Waals surface area contributed by atoms with Crippen molar-refractivity contribution in [3.05, 3.63) is 47.5 Å². The summed E-state index contributed by atoms with van der Waals surface area (Å²) in [6.07, 6.45) is -0.637. The molecule has 29 heavy (non-hydrogen) atoms. The number of nitrogens with one attached hydrogen (secondary N) is 1. The summed E-state index contributed by atoms with van der Waals surface area (Å²) in [5.74, 6) is 2.02. The van der Waals surface area contributed by atoms with E-state index >= 15 is 0 Å². The summed E-state index contributed by atoms with van der Waals surface area (Å²) in [4.78, 5) is 12.5. The van der Waals surface area contributed by atoms with Gasteiger partial charge in [-0.3, -0.25) is 4.79 Å². The fourth-order valence-electron chi connectivity index (χ4n) is 2.92. The molecule has 0 aliphatic heterocycles. The van der Waals surface area contributed by atoms with Gasteiger partial charge in [0.15, 0.2) is 17.6 Å². The summed E-state index contributed by atoms with van der Waals surface area (Å²) in [5, 5.41) is 2.88. The van der Waals surface area contributed by atoms with Crippen LogP contribution < -0.4 is 24.3 Å². The average molecular weight is 402 g/mol. The van der Waals surface area contributed by atoms with Gasteiger partial charge in [-0.25, -0.2) is 0 Å². The second-order valence-corrected chi connectivity index (χ2v) is 7.75. The van der Waals surface area contributed by atoms with E-state index in [1.165, 1.54) is 5.56 Å². The van der Waals surface area contributed by atoms with Gasteiger partial charge in [-0.1, -0.05) is 32.9 Å². The Bertz CT molecular complexity index is 824. The predicted molar refractivity (Wildman–Crippen MR) is 113 cm³/mol. The molecule has 0 fully saturated rings. The van der Waals surface area contributed by atoms with E-state index in [1.54, 1.807) is 34.3 Å². The molecule has 158 valence electrons. The quantitative estimate of drug-likeness (QED) is 0.722. The van der Waals surface area contributed by atoms with E-state index in [0.717, 1.165) is 5.56 Å². The molecule has 0 heterocycles. The number of benzene rings is 2. The van der Waals surface area contributed by atoms with Crippen LogP contribution in [0, 0.1) is 0 Å². The number of carbonyl (C=O) groups excluding carboxylic acids is 1. The Morgan fingerprint density at radius 3 is 2.07 bits per heavy atom. The molecule has 1 N–H and O–H groups in total. The van der Waals surface area contributed by atoms with Gasteiger partial charge in [0, 0.05) is 12.1 Å². The Morgan fingerprint density at radius 2 is 1.55 bits per heavy atom. The van der Waals surface area contributed by atoms with Gasteiger partial charge >= 0.3 is 0 Å². The molecule has 6 heteroatoms. The van der Waals surface area contributed by atoms with Gasteiger partial charge in [-0.05, 0) is 42.2 Å². The highest BCUT2D eigenvalue weighted by Gasteiger charge is 2.19. The first-order valence-corrected chi connectivity index (χ1v) is 9.54. The van der Waals surface area contributed by atoms with Crippen LogP contribution >= 0.6 is 0 Å². The number of amides is 1. The molecular weight excluding hydrogens is 370 g/mol. The molecule has 0 aromatic heterocycles. The summed E-state index contributed by atoms with van der Waals surface area (Å²) in [6, 6.07) is 11.4. The van der Waals surface area contributed by atoms with Crippen LogP contribution in [0.25, 0.3) is 0 Å². The molecule has 1 amide bonds. The van der Waals surface area contributed by atoms with E-state index in [9.17, 15) is 4.79 Å². The van der Waals surface area contributed by atoms with Crippen molar-refractivity contribution < 1.29 is 23.7 Å². The maximum absolute atomic E-state index is 12.5. The van der Waals surface area contributed by atoms with Gasteiger partial charge in [0.25, 0.3) is 5.91 Å². The number of rotatable bonds is 8. The Morgan fingerprint density at radius 1 is 0.931 bits per heavy atom. The minimum atomic E-state index is -0.637. The van der Waals surface area contributed by atoms with Crippen molar-refractivity contribution in [3.63, 3.8) is 0 Å². The lowest BCUT2D eigenvalue weighted by molar-refractivity contribution is -0.127. The summed E-state index contributed by atoms with van der Waals surface area (Å²) in [7, 11) is 4.66. The lowest BCUT2D eigenvalue weighted by atomic mass is 9.87. The fraction of sp³-hybridized carbons (Fsp3) is 0.435. The average Bonchev–Trinajstić information content (AvgIpc) is 2.70. The van der Waals surface area contributed by atoms with Gasteiger partial charge in [0.05, 0.1) is 21.3 Å². The summed E-state index contributed by atoms with van der Waals surface area (Å²) in [6.45, 7) is 8.46. The standard InChI is InChI=1S/C23H31NO5/c1-15(29-18-11-9-17(10-12-18)23(2,3)4)22(25)24-14-16-8-13-19(26-5)21(28-7)20(16)27-6/h8-13,15H,14H2,1-7H3,(H,24,25)/t15-/m1/s1. The molecule has 0 aliphatic rings. The zero-order valence-corrected chi connectivity index (χ0v) is 18.3. The molecule has 2 aromatic rings. The van der Waals surface area contributed by atoms with Crippen LogP contribution in [-0.4, -0.2) is 33.3 Å². The third kappa shape index (κ3) is 5.56. The highest BCUT2D eigenvalue weighted by atomic mass is 16.5. The second-order valence-electron chi connectivity index (χ2n) is 7.75. The lowest BCUT2D eigenvalue weighted by Gasteiger charge is -2.20.